The highest BCUT2D eigenvalue weighted by Gasteiger charge is 2.35. The number of ether oxygens (including phenoxy) is 1. The summed E-state index contributed by atoms with van der Waals surface area (Å²) in [6.07, 6.45) is 5.39. The van der Waals surface area contributed by atoms with Gasteiger partial charge in [0.1, 0.15) is 11.8 Å². The minimum Gasteiger partial charge on any atom is -0.497 e. The van der Waals surface area contributed by atoms with Crippen molar-refractivity contribution in [1.82, 2.24) is 5.32 Å². The summed E-state index contributed by atoms with van der Waals surface area (Å²) in [5.74, 6) is -0.165. The lowest BCUT2D eigenvalue weighted by atomic mass is 10.0. The average Bonchev–Trinajstić information content (AvgIpc) is 3.57. The zero-order chi connectivity index (χ0) is 24.8. The van der Waals surface area contributed by atoms with Crippen molar-refractivity contribution in [3.8, 4) is 5.75 Å². The molecule has 2 N–H and O–H groups in total. The van der Waals surface area contributed by atoms with Gasteiger partial charge in [0.2, 0.25) is 11.8 Å². The lowest BCUT2D eigenvalue weighted by Gasteiger charge is -2.32. The van der Waals surface area contributed by atoms with Gasteiger partial charge >= 0.3 is 0 Å². The van der Waals surface area contributed by atoms with E-state index >= 15 is 0 Å². The first kappa shape index (κ1) is 24.1. The van der Waals surface area contributed by atoms with Crippen molar-refractivity contribution in [1.29, 1.82) is 0 Å². The highest BCUT2D eigenvalue weighted by Crippen LogP contribution is 2.32. The summed E-state index contributed by atoms with van der Waals surface area (Å²) in [7, 11) is 1.57. The molecule has 0 aliphatic heterocycles. The van der Waals surface area contributed by atoms with Gasteiger partial charge in [-0.05, 0) is 66.9 Å². The van der Waals surface area contributed by atoms with E-state index in [0.29, 0.717) is 22.7 Å². The van der Waals surface area contributed by atoms with Gasteiger partial charge in [-0.15, -0.1) is 0 Å². The third-order valence-corrected chi connectivity index (χ3v) is 6.06. The topological polar surface area (TPSA) is 101 Å². The summed E-state index contributed by atoms with van der Waals surface area (Å²) < 4.78 is 10.7. The number of anilines is 2. The van der Waals surface area contributed by atoms with Gasteiger partial charge in [-0.3, -0.25) is 19.3 Å². The van der Waals surface area contributed by atoms with Crippen molar-refractivity contribution in [2.24, 2.45) is 0 Å². The molecule has 3 amide bonds. The van der Waals surface area contributed by atoms with Gasteiger partial charge in [-0.2, -0.15) is 0 Å². The number of nitrogens with zero attached hydrogens (tertiary/aromatic N) is 1. The third kappa shape index (κ3) is 5.71. The lowest BCUT2D eigenvalue weighted by Crippen LogP contribution is -2.46. The lowest BCUT2D eigenvalue weighted by molar-refractivity contribution is -0.123. The van der Waals surface area contributed by atoms with Crippen molar-refractivity contribution in [3.05, 3.63) is 78.3 Å². The van der Waals surface area contributed by atoms with Crippen LogP contribution in [0.25, 0.3) is 0 Å². The number of nitrogens with one attached hydrogen (secondary N) is 2. The van der Waals surface area contributed by atoms with Crippen LogP contribution in [-0.2, 0) is 9.59 Å². The molecule has 0 bridgehead atoms. The van der Waals surface area contributed by atoms with Crippen LogP contribution in [-0.4, -0.2) is 30.9 Å². The van der Waals surface area contributed by atoms with E-state index in [9.17, 15) is 14.4 Å². The van der Waals surface area contributed by atoms with Crippen molar-refractivity contribution in [2.45, 2.75) is 44.7 Å². The number of amides is 3. The van der Waals surface area contributed by atoms with Gasteiger partial charge in [-0.1, -0.05) is 25.0 Å². The maximum atomic E-state index is 13.7. The van der Waals surface area contributed by atoms with Gasteiger partial charge < -0.3 is 19.8 Å². The molecule has 35 heavy (non-hydrogen) atoms. The van der Waals surface area contributed by atoms with Gasteiger partial charge in [0.25, 0.3) is 5.91 Å². The number of rotatable bonds is 8. The van der Waals surface area contributed by atoms with Crippen LogP contribution < -0.4 is 20.3 Å². The van der Waals surface area contributed by atoms with E-state index < -0.39 is 11.9 Å². The van der Waals surface area contributed by atoms with E-state index in [1.165, 1.54) is 18.1 Å². The van der Waals surface area contributed by atoms with E-state index in [4.69, 9.17) is 9.15 Å². The largest absolute Gasteiger partial charge is 0.497 e. The Labute approximate surface area is 204 Å². The molecule has 0 spiro atoms. The Morgan fingerprint density at radius 3 is 2.26 bits per heavy atom. The van der Waals surface area contributed by atoms with Crippen LogP contribution in [0.2, 0.25) is 0 Å². The molecule has 1 fully saturated rings. The summed E-state index contributed by atoms with van der Waals surface area (Å²) in [6, 6.07) is 16.2. The van der Waals surface area contributed by atoms with Crippen molar-refractivity contribution >= 4 is 29.1 Å². The molecule has 1 saturated carbocycles. The smallest absolute Gasteiger partial charge is 0.294 e. The monoisotopic (exact) mass is 475 g/mol. The van der Waals surface area contributed by atoms with Gasteiger partial charge in [-0.25, -0.2) is 0 Å². The molecular formula is C27H29N3O5. The molecule has 8 heteroatoms. The predicted molar refractivity (Wildman–Crippen MR) is 132 cm³/mol. The normalized spacial score (nSPS) is 14.2. The summed E-state index contributed by atoms with van der Waals surface area (Å²) in [5.41, 5.74) is 1.71. The third-order valence-electron chi connectivity index (χ3n) is 6.06. The molecule has 0 saturated heterocycles. The van der Waals surface area contributed by atoms with Crippen molar-refractivity contribution in [3.63, 3.8) is 0 Å². The Bertz CT molecular complexity index is 1150. The Balaban J connectivity index is 1.78. The number of carbonyl (C=O) groups is 3. The first-order valence-electron chi connectivity index (χ1n) is 11.7. The fourth-order valence-electron chi connectivity index (χ4n) is 4.37. The summed E-state index contributed by atoms with van der Waals surface area (Å²) in [4.78, 5) is 40.3. The second-order valence-corrected chi connectivity index (χ2v) is 8.55. The first-order valence-corrected chi connectivity index (χ1v) is 11.7. The molecule has 2 aromatic carbocycles. The Hall–Kier alpha value is -4.07. The van der Waals surface area contributed by atoms with Crippen LogP contribution in [0.5, 0.6) is 5.75 Å². The molecule has 1 aliphatic rings. The molecule has 1 aromatic heterocycles. The van der Waals surface area contributed by atoms with E-state index in [2.05, 4.69) is 10.6 Å². The van der Waals surface area contributed by atoms with Gasteiger partial charge in [0.05, 0.1) is 13.4 Å². The Kier molecular flexibility index (Phi) is 7.50. The number of hydrogen-bond acceptors (Lipinski definition) is 5. The summed E-state index contributed by atoms with van der Waals surface area (Å²) in [6.45, 7) is 1.42. The Morgan fingerprint density at radius 2 is 1.69 bits per heavy atom. The zero-order valence-corrected chi connectivity index (χ0v) is 19.8. The van der Waals surface area contributed by atoms with E-state index in [1.54, 1.807) is 67.8 Å². The molecule has 1 atom stereocenters. The molecule has 1 aliphatic carbocycles. The maximum Gasteiger partial charge on any atom is 0.294 e. The molecule has 0 radical (unpaired) electrons. The average molecular weight is 476 g/mol. The van der Waals surface area contributed by atoms with Gasteiger partial charge in [0.15, 0.2) is 5.76 Å². The van der Waals surface area contributed by atoms with Crippen LogP contribution >= 0.6 is 0 Å². The molecule has 4 rings (SSSR count). The van der Waals surface area contributed by atoms with E-state index in [0.717, 1.165) is 25.7 Å². The fraction of sp³-hybridized carbons (Fsp3) is 0.296. The number of carbonyl (C=O) groups excluding carboxylic acids is 3. The summed E-state index contributed by atoms with van der Waals surface area (Å²) >= 11 is 0. The highest BCUT2D eigenvalue weighted by molar-refractivity contribution is 6.08. The van der Waals surface area contributed by atoms with E-state index in [-0.39, 0.29) is 23.6 Å². The van der Waals surface area contributed by atoms with E-state index in [1.807, 2.05) is 0 Å². The minimum absolute atomic E-state index is 0.0750. The van der Waals surface area contributed by atoms with Crippen LogP contribution in [0.1, 0.15) is 54.8 Å². The second-order valence-electron chi connectivity index (χ2n) is 8.55. The SMILES string of the molecule is COc1ccc([C@H](C(=O)NC2CCCC2)N(C(=O)c2ccco2)c2ccc(NC(C)=O)cc2)cc1. The quantitative estimate of drug-likeness (QED) is 0.492. The molecule has 1 heterocycles. The van der Waals surface area contributed by atoms with Crippen LogP contribution in [0.4, 0.5) is 11.4 Å². The van der Waals surface area contributed by atoms with Crippen LogP contribution in [0.3, 0.4) is 0 Å². The first-order chi connectivity index (χ1) is 17.0. The maximum absolute atomic E-state index is 13.7. The molecule has 182 valence electrons. The highest BCUT2D eigenvalue weighted by atomic mass is 16.5. The minimum atomic E-state index is -0.953. The van der Waals surface area contributed by atoms with Gasteiger partial charge in [0, 0.05) is 24.3 Å². The summed E-state index contributed by atoms with van der Waals surface area (Å²) in [5, 5.41) is 5.86. The molecule has 8 nitrogen and oxygen atoms in total. The Morgan fingerprint density at radius 1 is 1.00 bits per heavy atom. The van der Waals surface area contributed by atoms with Crippen LogP contribution in [0, 0.1) is 0 Å². The number of methoxy groups -OCH3 is 1. The van der Waals surface area contributed by atoms with Crippen molar-refractivity contribution < 1.29 is 23.5 Å². The van der Waals surface area contributed by atoms with Crippen LogP contribution in [0.15, 0.2) is 71.3 Å². The molecule has 3 aromatic rings. The standard InChI is InChI=1S/C27H29N3O5/c1-18(31)28-21-11-13-22(14-12-21)30(27(33)24-8-5-17-35-24)25(19-9-15-23(34-2)16-10-19)26(32)29-20-6-3-4-7-20/h5,8-17,20,25H,3-4,6-7H2,1-2H3,(H,28,31)(H,29,32)/t25-/m1/s1. The predicted octanol–water partition coefficient (Wildman–Crippen LogP) is 4.69. The zero-order valence-electron chi connectivity index (χ0n) is 19.8. The molecule has 0 unspecified atom stereocenters. The number of benzene rings is 2. The second kappa shape index (κ2) is 10.9. The number of furan rings is 1. The van der Waals surface area contributed by atoms with Crippen molar-refractivity contribution in [2.75, 3.05) is 17.3 Å². The number of hydrogen-bond donors (Lipinski definition) is 2. The molecular weight excluding hydrogens is 446 g/mol. The fourth-order valence-corrected chi connectivity index (χ4v) is 4.37.